The standard InChI is InChI=1S/C13H14ClNO4/c14-11-4-2-1-3-10(11)13(18)15-5-6-19-9(8-15)7-12(16)17/h1-4,9H,5-8H2,(H,16,17)/t9-/m0/s1. The van der Waals surface area contributed by atoms with Crippen molar-refractivity contribution in [3.8, 4) is 0 Å². The number of carboxylic acid groups (broad SMARTS) is 1. The SMILES string of the molecule is O=C(O)C[C@H]1CN(C(=O)c2ccccc2Cl)CCO1. The lowest BCUT2D eigenvalue weighted by Crippen LogP contribution is -2.46. The minimum absolute atomic E-state index is 0.105. The topological polar surface area (TPSA) is 66.8 Å². The second-order valence-electron chi connectivity index (χ2n) is 4.32. The number of amides is 1. The van der Waals surface area contributed by atoms with Crippen molar-refractivity contribution in [3.05, 3.63) is 34.9 Å². The Kier molecular flexibility index (Phi) is 4.39. The predicted octanol–water partition coefficient (Wildman–Crippen LogP) is 1.66. The van der Waals surface area contributed by atoms with Crippen LogP contribution in [-0.2, 0) is 9.53 Å². The number of carbonyl (C=O) groups is 2. The fraction of sp³-hybridized carbons (Fsp3) is 0.385. The first kappa shape index (κ1) is 13.8. The molecule has 1 atom stereocenters. The molecule has 5 nitrogen and oxygen atoms in total. The highest BCUT2D eigenvalue weighted by molar-refractivity contribution is 6.33. The number of halogens is 1. The molecule has 1 fully saturated rings. The van der Waals surface area contributed by atoms with Gasteiger partial charge in [0.25, 0.3) is 5.91 Å². The minimum atomic E-state index is -0.933. The second kappa shape index (κ2) is 6.04. The molecule has 1 amide bonds. The summed E-state index contributed by atoms with van der Waals surface area (Å²) in [4.78, 5) is 24.5. The largest absolute Gasteiger partial charge is 0.481 e. The number of hydrogen-bond donors (Lipinski definition) is 1. The van der Waals surface area contributed by atoms with E-state index in [0.717, 1.165) is 0 Å². The molecule has 0 bridgehead atoms. The lowest BCUT2D eigenvalue weighted by molar-refractivity contribution is -0.141. The van der Waals surface area contributed by atoms with E-state index in [1.165, 1.54) is 0 Å². The van der Waals surface area contributed by atoms with Gasteiger partial charge in [-0.1, -0.05) is 23.7 Å². The Labute approximate surface area is 115 Å². The van der Waals surface area contributed by atoms with Crippen LogP contribution in [0.4, 0.5) is 0 Å². The fourth-order valence-electron chi connectivity index (χ4n) is 2.03. The van der Waals surface area contributed by atoms with Crippen molar-refractivity contribution in [2.24, 2.45) is 0 Å². The molecule has 0 radical (unpaired) electrons. The molecule has 1 aromatic rings. The molecule has 1 heterocycles. The molecule has 1 aliphatic heterocycles. The van der Waals surface area contributed by atoms with E-state index in [2.05, 4.69) is 0 Å². The van der Waals surface area contributed by atoms with E-state index < -0.39 is 12.1 Å². The van der Waals surface area contributed by atoms with Crippen LogP contribution < -0.4 is 0 Å². The van der Waals surface area contributed by atoms with Crippen molar-refractivity contribution in [2.45, 2.75) is 12.5 Å². The third-order valence-corrected chi connectivity index (χ3v) is 3.26. The van der Waals surface area contributed by atoms with Crippen molar-refractivity contribution < 1.29 is 19.4 Å². The molecule has 1 aromatic carbocycles. The van der Waals surface area contributed by atoms with E-state index in [0.29, 0.717) is 23.7 Å². The minimum Gasteiger partial charge on any atom is -0.481 e. The Morgan fingerprint density at radius 3 is 2.84 bits per heavy atom. The van der Waals surface area contributed by atoms with Crippen LogP contribution in [0.25, 0.3) is 0 Å². The zero-order valence-corrected chi connectivity index (χ0v) is 11.0. The van der Waals surface area contributed by atoms with Crippen molar-refractivity contribution in [2.75, 3.05) is 19.7 Å². The van der Waals surface area contributed by atoms with Gasteiger partial charge in [0, 0.05) is 13.1 Å². The van der Waals surface area contributed by atoms with Gasteiger partial charge in [-0.3, -0.25) is 9.59 Å². The number of carboxylic acids is 1. The summed E-state index contributed by atoms with van der Waals surface area (Å²) >= 11 is 5.99. The summed E-state index contributed by atoms with van der Waals surface area (Å²) in [6, 6.07) is 6.82. The molecular formula is C13H14ClNO4. The number of morpholine rings is 1. The lowest BCUT2D eigenvalue weighted by atomic mass is 10.1. The Morgan fingerprint density at radius 1 is 1.42 bits per heavy atom. The van der Waals surface area contributed by atoms with Gasteiger partial charge in [0.1, 0.15) is 0 Å². The summed E-state index contributed by atoms with van der Waals surface area (Å²) in [7, 11) is 0. The summed E-state index contributed by atoms with van der Waals surface area (Å²) in [6.45, 7) is 1.06. The van der Waals surface area contributed by atoms with Crippen LogP contribution >= 0.6 is 11.6 Å². The average molecular weight is 284 g/mol. The number of aliphatic carboxylic acids is 1. The number of carbonyl (C=O) groups excluding carboxylic acids is 1. The van der Waals surface area contributed by atoms with Gasteiger partial charge in [-0.25, -0.2) is 0 Å². The molecule has 0 spiro atoms. The van der Waals surface area contributed by atoms with Crippen LogP contribution in [0.3, 0.4) is 0 Å². The zero-order valence-electron chi connectivity index (χ0n) is 10.2. The van der Waals surface area contributed by atoms with Gasteiger partial charge in [-0.05, 0) is 12.1 Å². The molecule has 2 rings (SSSR count). The number of benzene rings is 1. The van der Waals surface area contributed by atoms with Crippen LogP contribution in [-0.4, -0.2) is 47.7 Å². The van der Waals surface area contributed by atoms with Gasteiger partial charge in [-0.2, -0.15) is 0 Å². The molecule has 0 aromatic heterocycles. The molecule has 0 aliphatic carbocycles. The molecule has 102 valence electrons. The molecule has 1 aliphatic rings. The summed E-state index contributed by atoms with van der Waals surface area (Å²) in [5, 5.41) is 9.14. The molecule has 19 heavy (non-hydrogen) atoms. The first-order valence-corrected chi connectivity index (χ1v) is 6.33. The van der Waals surface area contributed by atoms with Gasteiger partial charge in [0.2, 0.25) is 0 Å². The summed E-state index contributed by atoms with van der Waals surface area (Å²) < 4.78 is 5.33. The first-order valence-electron chi connectivity index (χ1n) is 5.95. The molecule has 0 saturated carbocycles. The van der Waals surface area contributed by atoms with E-state index in [-0.39, 0.29) is 18.9 Å². The van der Waals surface area contributed by atoms with Gasteiger partial charge >= 0.3 is 5.97 Å². The van der Waals surface area contributed by atoms with Crippen molar-refractivity contribution in [1.29, 1.82) is 0 Å². The van der Waals surface area contributed by atoms with E-state index in [4.69, 9.17) is 21.4 Å². The third-order valence-electron chi connectivity index (χ3n) is 2.93. The van der Waals surface area contributed by atoms with Crippen LogP contribution in [0.5, 0.6) is 0 Å². The van der Waals surface area contributed by atoms with Gasteiger partial charge in [0.15, 0.2) is 0 Å². The smallest absolute Gasteiger partial charge is 0.306 e. The third kappa shape index (κ3) is 3.45. The Morgan fingerprint density at radius 2 is 2.16 bits per heavy atom. The summed E-state index contributed by atoms with van der Waals surface area (Å²) in [6.07, 6.45) is -0.565. The highest BCUT2D eigenvalue weighted by Gasteiger charge is 2.27. The van der Waals surface area contributed by atoms with E-state index in [9.17, 15) is 9.59 Å². The van der Waals surface area contributed by atoms with Crippen LogP contribution in [0, 0.1) is 0 Å². The quantitative estimate of drug-likeness (QED) is 0.916. The fourth-order valence-corrected chi connectivity index (χ4v) is 2.24. The molecule has 1 saturated heterocycles. The molecule has 1 N–H and O–H groups in total. The maximum absolute atomic E-state index is 12.3. The Bertz CT molecular complexity index is 491. The van der Waals surface area contributed by atoms with Crippen molar-refractivity contribution >= 4 is 23.5 Å². The van der Waals surface area contributed by atoms with E-state index >= 15 is 0 Å². The molecular weight excluding hydrogens is 270 g/mol. The van der Waals surface area contributed by atoms with Crippen molar-refractivity contribution in [3.63, 3.8) is 0 Å². The first-order chi connectivity index (χ1) is 9.08. The van der Waals surface area contributed by atoms with E-state index in [1.807, 2.05) is 0 Å². The highest BCUT2D eigenvalue weighted by atomic mass is 35.5. The van der Waals surface area contributed by atoms with Gasteiger partial charge < -0.3 is 14.7 Å². The Balaban J connectivity index is 2.07. The average Bonchev–Trinajstić information content (AvgIpc) is 2.38. The summed E-state index contributed by atoms with van der Waals surface area (Å²) in [5.74, 6) is -1.12. The monoisotopic (exact) mass is 283 g/mol. The highest BCUT2D eigenvalue weighted by Crippen LogP contribution is 2.19. The van der Waals surface area contributed by atoms with Crippen LogP contribution in [0.15, 0.2) is 24.3 Å². The van der Waals surface area contributed by atoms with Crippen molar-refractivity contribution in [1.82, 2.24) is 4.90 Å². The van der Waals surface area contributed by atoms with E-state index in [1.54, 1.807) is 29.2 Å². The van der Waals surface area contributed by atoms with Crippen LogP contribution in [0.2, 0.25) is 5.02 Å². The maximum atomic E-state index is 12.3. The second-order valence-corrected chi connectivity index (χ2v) is 4.73. The number of ether oxygens (including phenoxy) is 1. The lowest BCUT2D eigenvalue weighted by Gasteiger charge is -2.32. The molecule has 0 unspecified atom stereocenters. The van der Waals surface area contributed by atoms with Crippen LogP contribution in [0.1, 0.15) is 16.8 Å². The predicted molar refractivity (Wildman–Crippen MR) is 69.3 cm³/mol. The maximum Gasteiger partial charge on any atom is 0.306 e. The zero-order chi connectivity index (χ0) is 13.8. The Hall–Kier alpha value is -1.59. The van der Waals surface area contributed by atoms with Gasteiger partial charge in [-0.15, -0.1) is 0 Å². The number of nitrogens with zero attached hydrogens (tertiary/aromatic N) is 1. The number of rotatable bonds is 3. The normalized spacial score (nSPS) is 19.2. The summed E-state index contributed by atoms with van der Waals surface area (Å²) in [5.41, 5.74) is 0.431. The molecule has 6 heteroatoms. The number of hydrogen-bond acceptors (Lipinski definition) is 3. The van der Waals surface area contributed by atoms with Gasteiger partial charge in [0.05, 0.1) is 29.7 Å².